The number of hydrogen-bond acceptors (Lipinski definition) is 5. The van der Waals surface area contributed by atoms with Gasteiger partial charge in [-0.1, -0.05) is 17.7 Å². The molecule has 1 unspecified atom stereocenters. The van der Waals surface area contributed by atoms with E-state index in [0.717, 1.165) is 0 Å². The number of nitrogen functional groups attached to an aromatic ring is 1. The van der Waals surface area contributed by atoms with Gasteiger partial charge in [0.2, 0.25) is 0 Å². The molecule has 1 atom stereocenters. The van der Waals surface area contributed by atoms with Crippen LogP contribution in [-0.2, 0) is 0 Å². The van der Waals surface area contributed by atoms with E-state index in [0.29, 0.717) is 0 Å². The lowest BCUT2D eigenvalue weighted by molar-refractivity contribution is 0.0921. The van der Waals surface area contributed by atoms with E-state index >= 15 is 0 Å². The summed E-state index contributed by atoms with van der Waals surface area (Å²) in [4.78, 5) is 38.7. The standard InChI is InChI=1S/C14H14ClFN4O4/c1-6(5-24-11-7(15)3-2-4-8(11)16)18-13(22)10-9(17)12(21)20-14(23)19-10/h2-4,6H,5,17H2,1H3,(H,18,22)(H2,19,20,21,23). The van der Waals surface area contributed by atoms with Gasteiger partial charge in [-0.3, -0.25) is 14.6 Å². The van der Waals surface area contributed by atoms with Crippen molar-refractivity contribution < 1.29 is 13.9 Å². The van der Waals surface area contributed by atoms with Gasteiger partial charge in [-0.05, 0) is 19.1 Å². The molecule has 0 aliphatic carbocycles. The Balaban J connectivity index is 2.05. The maximum Gasteiger partial charge on any atom is 0.326 e. The van der Waals surface area contributed by atoms with Crippen molar-refractivity contribution in [2.24, 2.45) is 0 Å². The Labute approximate surface area is 139 Å². The Bertz CT molecular complexity index is 860. The molecule has 10 heteroatoms. The van der Waals surface area contributed by atoms with E-state index in [1.54, 1.807) is 6.92 Å². The van der Waals surface area contributed by atoms with Crippen LogP contribution < -0.4 is 27.0 Å². The van der Waals surface area contributed by atoms with Crippen molar-refractivity contribution in [2.75, 3.05) is 12.3 Å². The largest absolute Gasteiger partial charge is 0.487 e. The summed E-state index contributed by atoms with van der Waals surface area (Å²) >= 11 is 5.82. The molecule has 1 aromatic heterocycles. The Morgan fingerprint density at radius 3 is 2.79 bits per heavy atom. The van der Waals surface area contributed by atoms with E-state index < -0.39 is 34.7 Å². The quantitative estimate of drug-likeness (QED) is 0.624. The van der Waals surface area contributed by atoms with Gasteiger partial charge in [-0.2, -0.15) is 0 Å². The number of ether oxygens (including phenoxy) is 1. The van der Waals surface area contributed by atoms with Gasteiger partial charge in [0.05, 0.1) is 11.1 Å². The van der Waals surface area contributed by atoms with Gasteiger partial charge in [-0.25, -0.2) is 9.18 Å². The zero-order valence-electron chi connectivity index (χ0n) is 12.5. The van der Waals surface area contributed by atoms with E-state index in [1.165, 1.54) is 18.2 Å². The number of hydrogen-bond donors (Lipinski definition) is 4. The van der Waals surface area contributed by atoms with E-state index in [1.807, 2.05) is 4.98 Å². The van der Waals surface area contributed by atoms with Crippen LogP contribution in [0.15, 0.2) is 27.8 Å². The van der Waals surface area contributed by atoms with Gasteiger partial charge in [-0.15, -0.1) is 0 Å². The summed E-state index contributed by atoms with van der Waals surface area (Å²) in [7, 11) is 0. The molecule has 0 aliphatic heterocycles. The number of anilines is 1. The first-order valence-corrected chi connectivity index (χ1v) is 7.17. The summed E-state index contributed by atoms with van der Waals surface area (Å²) in [5.74, 6) is -1.54. The normalized spacial score (nSPS) is 11.8. The average Bonchev–Trinajstić information content (AvgIpc) is 2.50. The third-order valence-corrected chi connectivity index (χ3v) is 3.28. The van der Waals surface area contributed by atoms with Crippen molar-refractivity contribution in [3.05, 3.63) is 55.6 Å². The Morgan fingerprint density at radius 1 is 1.42 bits per heavy atom. The molecule has 0 aliphatic rings. The van der Waals surface area contributed by atoms with Gasteiger partial charge in [0.1, 0.15) is 18.0 Å². The molecule has 1 aromatic carbocycles. The number of aromatic nitrogens is 2. The second kappa shape index (κ2) is 7.18. The summed E-state index contributed by atoms with van der Waals surface area (Å²) < 4.78 is 18.8. The van der Waals surface area contributed by atoms with Crippen molar-refractivity contribution >= 4 is 23.2 Å². The van der Waals surface area contributed by atoms with Gasteiger partial charge < -0.3 is 20.8 Å². The minimum atomic E-state index is -0.869. The topological polar surface area (TPSA) is 130 Å². The minimum Gasteiger partial charge on any atom is -0.487 e. The predicted molar refractivity (Wildman–Crippen MR) is 85.9 cm³/mol. The van der Waals surface area contributed by atoms with E-state index in [4.69, 9.17) is 22.1 Å². The SMILES string of the molecule is CC(COc1c(F)cccc1Cl)NC(=O)c1[nH]c(=O)[nH]c(=O)c1N. The molecule has 24 heavy (non-hydrogen) atoms. The predicted octanol–water partition coefficient (Wildman–Crippen LogP) is 0.635. The summed E-state index contributed by atoms with van der Waals surface area (Å²) in [5.41, 5.74) is 2.95. The Morgan fingerprint density at radius 2 is 2.12 bits per heavy atom. The van der Waals surface area contributed by atoms with Crippen LogP contribution in [0.4, 0.5) is 10.1 Å². The van der Waals surface area contributed by atoms with Gasteiger partial charge >= 0.3 is 5.69 Å². The molecule has 5 N–H and O–H groups in total. The fraction of sp³-hybridized carbons (Fsp3) is 0.214. The number of rotatable bonds is 5. The molecule has 0 saturated heterocycles. The number of carbonyl (C=O) groups is 1. The van der Waals surface area contributed by atoms with Gasteiger partial charge in [0, 0.05) is 0 Å². The number of nitrogens with two attached hydrogens (primary N) is 1. The first kappa shape index (κ1) is 17.5. The van der Waals surface area contributed by atoms with Crippen LogP contribution in [0.1, 0.15) is 17.4 Å². The van der Waals surface area contributed by atoms with Crippen LogP contribution in [0.3, 0.4) is 0 Å². The first-order valence-electron chi connectivity index (χ1n) is 6.79. The molecular weight excluding hydrogens is 343 g/mol. The molecule has 1 heterocycles. The third kappa shape index (κ3) is 3.93. The number of H-pyrrole nitrogens is 2. The van der Waals surface area contributed by atoms with Gasteiger partial charge in [0.25, 0.3) is 11.5 Å². The zero-order chi connectivity index (χ0) is 17.9. The summed E-state index contributed by atoms with van der Waals surface area (Å²) in [6, 6.07) is 3.49. The molecule has 128 valence electrons. The van der Waals surface area contributed by atoms with Crippen LogP contribution in [-0.4, -0.2) is 28.5 Å². The Hall–Kier alpha value is -2.81. The summed E-state index contributed by atoms with van der Waals surface area (Å²) in [6.07, 6.45) is 0. The molecule has 8 nitrogen and oxygen atoms in total. The number of nitrogens with one attached hydrogen (secondary N) is 3. The molecule has 0 saturated carbocycles. The van der Waals surface area contributed by atoms with Crippen molar-refractivity contribution in [3.63, 3.8) is 0 Å². The van der Waals surface area contributed by atoms with Crippen molar-refractivity contribution in [1.29, 1.82) is 0 Å². The summed E-state index contributed by atoms with van der Waals surface area (Å²) in [6.45, 7) is 1.48. The molecular formula is C14H14ClFN4O4. The monoisotopic (exact) mass is 356 g/mol. The molecule has 0 spiro atoms. The average molecular weight is 357 g/mol. The van der Waals surface area contributed by atoms with Crippen molar-refractivity contribution in [2.45, 2.75) is 13.0 Å². The van der Waals surface area contributed by atoms with Crippen LogP contribution in [0, 0.1) is 5.82 Å². The minimum absolute atomic E-state index is 0.0942. The van der Waals surface area contributed by atoms with Crippen LogP contribution >= 0.6 is 11.6 Å². The number of carbonyl (C=O) groups excluding carboxylic acids is 1. The van der Waals surface area contributed by atoms with Gasteiger partial charge in [0.15, 0.2) is 11.6 Å². The first-order chi connectivity index (χ1) is 11.3. The van der Waals surface area contributed by atoms with Crippen LogP contribution in [0.2, 0.25) is 5.02 Å². The highest BCUT2D eigenvalue weighted by molar-refractivity contribution is 6.32. The number of amides is 1. The maximum absolute atomic E-state index is 13.6. The molecule has 1 amide bonds. The molecule has 0 radical (unpaired) electrons. The zero-order valence-corrected chi connectivity index (χ0v) is 13.2. The fourth-order valence-electron chi connectivity index (χ4n) is 1.84. The summed E-state index contributed by atoms with van der Waals surface area (Å²) in [5, 5.41) is 2.56. The van der Waals surface area contributed by atoms with E-state index in [-0.39, 0.29) is 23.1 Å². The number of benzene rings is 1. The van der Waals surface area contributed by atoms with Crippen molar-refractivity contribution in [1.82, 2.24) is 15.3 Å². The number of halogens is 2. The van der Waals surface area contributed by atoms with E-state index in [9.17, 15) is 18.8 Å². The second-order valence-corrected chi connectivity index (χ2v) is 5.34. The molecule has 2 rings (SSSR count). The smallest absolute Gasteiger partial charge is 0.326 e. The molecule has 0 bridgehead atoms. The highest BCUT2D eigenvalue weighted by Crippen LogP contribution is 2.27. The lowest BCUT2D eigenvalue weighted by Crippen LogP contribution is -2.40. The van der Waals surface area contributed by atoms with Crippen LogP contribution in [0.25, 0.3) is 0 Å². The molecule has 0 fully saturated rings. The van der Waals surface area contributed by atoms with E-state index in [2.05, 4.69) is 10.3 Å². The number of aromatic amines is 2. The third-order valence-electron chi connectivity index (χ3n) is 2.98. The van der Waals surface area contributed by atoms with Crippen LogP contribution in [0.5, 0.6) is 5.75 Å². The lowest BCUT2D eigenvalue weighted by Gasteiger charge is -2.16. The highest BCUT2D eigenvalue weighted by Gasteiger charge is 2.17. The fourth-order valence-corrected chi connectivity index (χ4v) is 2.06. The lowest BCUT2D eigenvalue weighted by atomic mass is 10.3. The second-order valence-electron chi connectivity index (χ2n) is 4.93. The van der Waals surface area contributed by atoms with Crippen molar-refractivity contribution in [3.8, 4) is 5.75 Å². The number of para-hydroxylation sites is 1. The molecule has 2 aromatic rings. The highest BCUT2D eigenvalue weighted by atomic mass is 35.5. The maximum atomic E-state index is 13.6. The Kier molecular flexibility index (Phi) is 5.24.